The van der Waals surface area contributed by atoms with Gasteiger partial charge in [0.25, 0.3) is 0 Å². The number of ether oxygens (including phenoxy) is 1. The molecule has 10 heavy (non-hydrogen) atoms. The minimum absolute atomic E-state index is 0.373. The second kappa shape index (κ2) is 3.14. The van der Waals surface area contributed by atoms with Crippen LogP contribution in [0.4, 0.5) is 0 Å². The second-order valence-electron chi connectivity index (χ2n) is 3.52. The first-order chi connectivity index (χ1) is 4.68. The van der Waals surface area contributed by atoms with Crippen molar-refractivity contribution < 1.29 is 4.74 Å². The van der Waals surface area contributed by atoms with Crippen LogP contribution in [0.2, 0.25) is 0 Å². The average molecular weight is 160 g/mol. The van der Waals surface area contributed by atoms with Crippen LogP contribution >= 0.6 is 12.6 Å². The summed E-state index contributed by atoms with van der Waals surface area (Å²) in [5.41, 5.74) is 0.466. The van der Waals surface area contributed by atoms with Crippen molar-refractivity contribution in [3.8, 4) is 0 Å². The lowest BCUT2D eigenvalue weighted by molar-refractivity contribution is 0.0497. The van der Waals surface area contributed by atoms with E-state index in [1.807, 2.05) is 0 Å². The molecule has 1 aliphatic carbocycles. The summed E-state index contributed by atoms with van der Waals surface area (Å²) >= 11 is 4.29. The minimum Gasteiger partial charge on any atom is -0.378 e. The molecule has 0 aromatic heterocycles. The summed E-state index contributed by atoms with van der Waals surface area (Å²) in [6.45, 7) is 5.07. The van der Waals surface area contributed by atoms with Gasteiger partial charge in [-0.25, -0.2) is 0 Å². The SMILES string of the molecule is CC(C)OCC1(CS)CC1. The zero-order valence-electron chi connectivity index (χ0n) is 6.76. The molecule has 0 aliphatic heterocycles. The van der Waals surface area contributed by atoms with Crippen LogP contribution in [0, 0.1) is 5.41 Å². The monoisotopic (exact) mass is 160 g/mol. The van der Waals surface area contributed by atoms with Gasteiger partial charge >= 0.3 is 0 Å². The molecule has 0 bridgehead atoms. The Bertz CT molecular complexity index is 108. The molecule has 2 heteroatoms. The van der Waals surface area contributed by atoms with E-state index in [2.05, 4.69) is 26.5 Å². The van der Waals surface area contributed by atoms with Crippen LogP contribution in [-0.4, -0.2) is 18.5 Å². The molecule has 0 unspecified atom stereocenters. The summed E-state index contributed by atoms with van der Waals surface area (Å²) in [6, 6.07) is 0. The van der Waals surface area contributed by atoms with E-state index in [1.165, 1.54) is 12.8 Å². The van der Waals surface area contributed by atoms with E-state index in [0.29, 0.717) is 11.5 Å². The van der Waals surface area contributed by atoms with E-state index in [4.69, 9.17) is 4.74 Å². The van der Waals surface area contributed by atoms with Crippen LogP contribution in [0.15, 0.2) is 0 Å². The Morgan fingerprint density at radius 2 is 2.10 bits per heavy atom. The lowest BCUT2D eigenvalue weighted by Gasteiger charge is -2.14. The minimum atomic E-state index is 0.373. The first kappa shape index (κ1) is 8.41. The maximum absolute atomic E-state index is 5.51. The smallest absolute Gasteiger partial charge is 0.0533 e. The van der Waals surface area contributed by atoms with Gasteiger partial charge in [0.2, 0.25) is 0 Å². The van der Waals surface area contributed by atoms with Gasteiger partial charge in [0.15, 0.2) is 0 Å². The average Bonchev–Trinajstić information content (AvgIpc) is 2.64. The number of rotatable bonds is 4. The normalized spacial score (nSPS) is 21.6. The zero-order valence-corrected chi connectivity index (χ0v) is 7.66. The predicted octanol–water partition coefficient (Wildman–Crippen LogP) is 2.12. The van der Waals surface area contributed by atoms with Gasteiger partial charge in [0, 0.05) is 5.41 Å². The fourth-order valence-electron chi connectivity index (χ4n) is 0.868. The first-order valence-electron chi connectivity index (χ1n) is 3.91. The molecule has 0 spiro atoms. The Balaban J connectivity index is 2.13. The molecule has 0 heterocycles. The highest BCUT2D eigenvalue weighted by Gasteiger charge is 2.41. The van der Waals surface area contributed by atoms with Gasteiger partial charge in [-0.15, -0.1) is 0 Å². The molecule has 1 fully saturated rings. The third kappa shape index (κ3) is 2.17. The highest BCUT2D eigenvalue weighted by Crippen LogP contribution is 2.46. The summed E-state index contributed by atoms with van der Waals surface area (Å²) in [5, 5.41) is 0. The van der Waals surface area contributed by atoms with Crippen LogP contribution in [-0.2, 0) is 4.74 Å². The second-order valence-corrected chi connectivity index (χ2v) is 3.83. The molecule has 60 valence electrons. The molecule has 1 saturated carbocycles. The Morgan fingerprint density at radius 1 is 1.50 bits per heavy atom. The van der Waals surface area contributed by atoms with E-state index >= 15 is 0 Å². The zero-order chi connectivity index (χ0) is 7.61. The van der Waals surface area contributed by atoms with Gasteiger partial charge in [-0.1, -0.05) is 0 Å². The quantitative estimate of drug-likeness (QED) is 0.620. The number of hydrogen-bond donors (Lipinski definition) is 1. The predicted molar refractivity (Wildman–Crippen MR) is 46.6 cm³/mol. The highest BCUT2D eigenvalue weighted by molar-refractivity contribution is 7.80. The first-order valence-corrected chi connectivity index (χ1v) is 4.54. The molecule has 0 radical (unpaired) electrons. The molecule has 0 N–H and O–H groups in total. The van der Waals surface area contributed by atoms with Crippen molar-refractivity contribution in [1.82, 2.24) is 0 Å². The van der Waals surface area contributed by atoms with Crippen molar-refractivity contribution in [2.24, 2.45) is 5.41 Å². The fraction of sp³-hybridized carbons (Fsp3) is 1.00. The standard InChI is InChI=1S/C8H16OS/c1-7(2)9-5-8(6-10)3-4-8/h7,10H,3-6H2,1-2H3. The van der Waals surface area contributed by atoms with Gasteiger partial charge in [-0.05, 0) is 32.4 Å². The van der Waals surface area contributed by atoms with Gasteiger partial charge < -0.3 is 4.74 Å². The summed E-state index contributed by atoms with van der Waals surface area (Å²) in [4.78, 5) is 0. The fourth-order valence-corrected chi connectivity index (χ4v) is 1.28. The Labute approximate surface area is 68.6 Å². The van der Waals surface area contributed by atoms with Crippen LogP contribution in [0.3, 0.4) is 0 Å². The van der Waals surface area contributed by atoms with E-state index < -0.39 is 0 Å². The van der Waals surface area contributed by atoms with E-state index in [-0.39, 0.29) is 0 Å². The Morgan fingerprint density at radius 3 is 2.40 bits per heavy atom. The largest absolute Gasteiger partial charge is 0.378 e. The number of hydrogen-bond acceptors (Lipinski definition) is 2. The van der Waals surface area contributed by atoms with E-state index in [1.54, 1.807) is 0 Å². The van der Waals surface area contributed by atoms with E-state index in [9.17, 15) is 0 Å². The maximum atomic E-state index is 5.51. The molecule has 0 atom stereocenters. The summed E-state index contributed by atoms with van der Waals surface area (Å²) in [5.74, 6) is 0.986. The highest BCUT2D eigenvalue weighted by atomic mass is 32.1. The van der Waals surface area contributed by atoms with Crippen molar-refractivity contribution in [2.45, 2.75) is 32.8 Å². The lowest BCUT2D eigenvalue weighted by Crippen LogP contribution is -2.15. The van der Waals surface area contributed by atoms with Crippen LogP contribution in [0.25, 0.3) is 0 Å². The van der Waals surface area contributed by atoms with Crippen LogP contribution in [0.5, 0.6) is 0 Å². The summed E-state index contributed by atoms with van der Waals surface area (Å²) in [7, 11) is 0. The van der Waals surface area contributed by atoms with Crippen LogP contribution in [0.1, 0.15) is 26.7 Å². The molecule has 1 aliphatic rings. The summed E-state index contributed by atoms with van der Waals surface area (Å²) < 4.78 is 5.51. The molecular weight excluding hydrogens is 144 g/mol. The summed E-state index contributed by atoms with van der Waals surface area (Å²) in [6.07, 6.45) is 2.99. The van der Waals surface area contributed by atoms with Crippen molar-refractivity contribution in [2.75, 3.05) is 12.4 Å². The maximum Gasteiger partial charge on any atom is 0.0533 e. The van der Waals surface area contributed by atoms with Gasteiger partial charge in [0.05, 0.1) is 12.7 Å². The molecule has 0 aromatic carbocycles. The van der Waals surface area contributed by atoms with Crippen LogP contribution < -0.4 is 0 Å². The molecular formula is C8H16OS. The number of thiol groups is 1. The molecule has 0 saturated heterocycles. The third-order valence-corrected chi connectivity index (χ3v) is 2.69. The Kier molecular flexibility index (Phi) is 2.64. The third-order valence-electron chi connectivity index (χ3n) is 2.02. The van der Waals surface area contributed by atoms with Crippen molar-refractivity contribution in [3.05, 3.63) is 0 Å². The molecule has 1 nitrogen and oxygen atoms in total. The van der Waals surface area contributed by atoms with Gasteiger partial charge in [0.1, 0.15) is 0 Å². The lowest BCUT2D eigenvalue weighted by atomic mass is 10.2. The molecule has 1 rings (SSSR count). The Hall–Kier alpha value is 0.310. The topological polar surface area (TPSA) is 9.23 Å². The van der Waals surface area contributed by atoms with Gasteiger partial charge in [-0.2, -0.15) is 12.6 Å². The molecule has 0 aromatic rings. The van der Waals surface area contributed by atoms with Crippen molar-refractivity contribution >= 4 is 12.6 Å². The van der Waals surface area contributed by atoms with Crippen molar-refractivity contribution in [3.63, 3.8) is 0 Å². The molecule has 0 amide bonds. The van der Waals surface area contributed by atoms with Gasteiger partial charge in [-0.3, -0.25) is 0 Å². The van der Waals surface area contributed by atoms with Crippen molar-refractivity contribution in [1.29, 1.82) is 0 Å². The van der Waals surface area contributed by atoms with E-state index in [0.717, 1.165) is 12.4 Å².